The van der Waals surface area contributed by atoms with E-state index in [0.717, 1.165) is 4.90 Å². The summed E-state index contributed by atoms with van der Waals surface area (Å²) >= 11 is 4.53. The first-order valence-corrected chi connectivity index (χ1v) is 7.64. The molecule has 0 N–H and O–H groups in total. The van der Waals surface area contributed by atoms with Crippen molar-refractivity contribution in [2.75, 3.05) is 0 Å². The maximum atomic E-state index is 12.3. The van der Waals surface area contributed by atoms with Crippen molar-refractivity contribution in [1.29, 1.82) is 0 Å². The van der Waals surface area contributed by atoms with Gasteiger partial charge in [-0.3, -0.25) is 14.9 Å². The van der Waals surface area contributed by atoms with E-state index in [1.54, 1.807) is 24.3 Å². The number of carbonyl (C=O) groups excluding carboxylic acids is 1. The Morgan fingerprint density at radius 2 is 1.95 bits per heavy atom. The highest BCUT2D eigenvalue weighted by Crippen LogP contribution is 2.40. The van der Waals surface area contributed by atoms with Gasteiger partial charge in [-0.2, -0.15) is 0 Å². The molecule has 1 aliphatic rings. The Labute approximate surface area is 133 Å². The first-order valence-electron chi connectivity index (χ1n) is 6.03. The first-order chi connectivity index (χ1) is 10.1. The zero-order chi connectivity index (χ0) is 15.0. The van der Waals surface area contributed by atoms with Gasteiger partial charge in [0, 0.05) is 16.5 Å². The third-order valence-corrected chi connectivity index (χ3v) is 4.81. The van der Waals surface area contributed by atoms with Crippen molar-refractivity contribution < 1.29 is 9.72 Å². The molecule has 1 aliphatic heterocycles. The van der Waals surface area contributed by atoms with Gasteiger partial charge < -0.3 is 0 Å². The number of carbonyl (C=O) groups is 1. The van der Waals surface area contributed by atoms with Crippen LogP contribution in [0.15, 0.2) is 56.7 Å². The second-order valence-corrected chi connectivity index (χ2v) is 6.34. The second kappa shape index (κ2) is 5.46. The molecule has 3 rings (SSSR count). The molecule has 0 saturated carbocycles. The molecular weight excluding hydrogens is 354 g/mol. The number of hydrogen-bond donors (Lipinski definition) is 0. The van der Waals surface area contributed by atoms with Gasteiger partial charge >= 0.3 is 0 Å². The van der Waals surface area contributed by atoms with Crippen LogP contribution >= 0.6 is 27.7 Å². The van der Waals surface area contributed by atoms with Crippen LogP contribution in [0, 0.1) is 10.1 Å². The smallest absolute Gasteiger partial charge is 0.284 e. The summed E-state index contributed by atoms with van der Waals surface area (Å²) in [5, 5.41) is 10.9. The molecule has 0 bridgehead atoms. The summed E-state index contributed by atoms with van der Waals surface area (Å²) in [5.41, 5.74) is 1.30. The molecule has 0 aliphatic carbocycles. The molecule has 4 nitrogen and oxygen atoms in total. The van der Waals surface area contributed by atoms with E-state index in [1.807, 2.05) is 18.2 Å². The number of hydrogen-bond acceptors (Lipinski definition) is 4. The minimum atomic E-state index is -0.454. The Bertz CT molecular complexity index is 801. The fourth-order valence-corrected chi connectivity index (χ4v) is 3.49. The second-order valence-electron chi connectivity index (χ2n) is 4.40. The number of Topliss-reactive ketones (excluding diaryl/α,β-unsaturated/α-hetero) is 1. The number of thioether (sulfide) groups is 1. The van der Waals surface area contributed by atoms with E-state index in [1.165, 1.54) is 17.8 Å². The van der Waals surface area contributed by atoms with E-state index >= 15 is 0 Å². The number of benzene rings is 2. The lowest BCUT2D eigenvalue weighted by Crippen LogP contribution is -1.94. The standard InChI is InChI=1S/C15H8BrNO3S/c16-11-6-5-9(7-12(11)17(19)20)8-14-15(18)10-3-1-2-4-13(10)21-14/h1-8H/b14-8-. The van der Waals surface area contributed by atoms with Gasteiger partial charge in [-0.05, 0) is 45.8 Å². The highest BCUT2D eigenvalue weighted by Gasteiger charge is 2.25. The molecule has 0 radical (unpaired) electrons. The quantitative estimate of drug-likeness (QED) is 0.442. The molecule has 0 aromatic heterocycles. The zero-order valence-corrected chi connectivity index (χ0v) is 13.0. The van der Waals surface area contributed by atoms with Gasteiger partial charge in [0.15, 0.2) is 0 Å². The van der Waals surface area contributed by atoms with Crippen LogP contribution in [-0.2, 0) is 0 Å². The maximum Gasteiger partial charge on any atom is 0.284 e. The molecule has 2 aromatic rings. The van der Waals surface area contributed by atoms with E-state index in [9.17, 15) is 14.9 Å². The highest BCUT2D eigenvalue weighted by atomic mass is 79.9. The Hall–Kier alpha value is -1.92. The van der Waals surface area contributed by atoms with Crippen LogP contribution < -0.4 is 0 Å². The lowest BCUT2D eigenvalue weighted by Gasteiger charge is -1.99. The summed E-state index contributed by atoms with van der Waals surface area (Å²) in [6.07, 6.45) is 1.69. The van der Waals surface area contributed by atoms with Gasteiger partial charge in [-0.15, -0.1) is 0 Å². The van der Waals surface area contributed by atoms with Crippen LogP contribution in [0.1, 0.15) is 15.9 Å². The lowest BCUT2D eigenvalue weighted by molar-refractivity contribution is -0.385. The van der Waals surface area contributed by atoms with Crippen LogP contribution in [0.25, 0.3) is 6.08 Å². The van der Waals surface area contributed by atoms with Crippen LogP contribution in [-0.4, -0.2) is 10.7 Å². The van der Waals surface area contributed by atoms with E-state index in [-0.39, 0.29) is 11.5 Å². The average Bonchev–Trinajstić information content (AvgIpc) is 2.78. The van der Waals surface area contributed by atoms with Gasteiger partial charge in [-0.25, -0.2) is 0 Å². The molecule has 0 unspecified atom stereocenters. The van der Waals surface area contributed by atoms with Gasteiger partial charge in [0.25, 0.3) is 5.69 Å². The number of ketones is 1. The Balaban J connectivity index is 2.00. The van der Waals surface area contributed by atoms with E-state index in [4.69, 9.17) is 0 Å². The molecular formula is C15H8BrNO3S. The van der Waals surface area contributed by atoms with Gasteiger partial charge in [0.2, 0.25) is 5.78 Å². The topological polar surface area (TPSA) is 60.2 Å². The van der Waals surface area contributed by atoms with Crippen molar-refractivity contribution in [3.05, 3.63) is 73.1 Å². The molecule has 0 amide bonds. The number of nitro benzene ring substituents is 1. The summed E-state index contributed by atoms with van der Waals surface area (Å²) in [7, 11) is 0. The summed E-state index contributed by atoms with van der Waals surface area (Å²) in [5.74, 6) is -0.0406. The van der Waals surface area contributed by atoms with E-state index < -0.39 is 4.92 Å². The average molecular weight is 362 g/mol. The normalized spacial score (nSPS) is 15.3. The van der Waals surface area contributed by atoms with Gasteiger partial charge in [-0.1, -0.05) is 30.0 Å². The summed E-state index contributed by atoms with van der Waals surface area (Å²) < 4.78 is 0.420. The van der Waals surface area contributed by atoms with E-state index in [0.29, 0.717) is 20.5 Å². The highest BCUT2D eigenvalue weighted by molar-refractivity contribution is 9.10. The summed E-state index contributed by atoms with van der Waals surface area (Å²) in [6.45, 7) is 0. The molecule has 2 aromatic carbocycles. The number of nitrogens with zero attached hydrogens (tertiary/aromatic N) is 1. The SMILES string of the molecule is O=C1/C(=C/c2ccc(Br)c([N+](=O)[O-])c2)Sc2ccccc21. The molecule has 0 spiro atoms. The first kappa shape index (κ1) is 14.0. The molecule has 0 fully saturated rings. The van der Waals surface area contributed by atoms with Gasteiger partial charge in [0.05, 0.1) is 14.3 Å². The Kier molecular flexibility index (Phi) is 3.65. The van der Waals surface area contributed by atoms with Crippen molar-refractivity contribution in [2.24, 2.45) is 0 Å². The van der Waals surface area contributed by atoms with Crippen molar-refractivity contribution >= 4 is 45.2 Å². The fourth-order valence-electron chi connectivity index (χ4n) is 2.05. The minimum absolute atomic E-state index is 0.0164. The van der Waals surface area contributed by atoms with Crippen molar-refractivity contribution in [3.63, 3.8) is 0 Å². The summed E-state index contributed by atoms with van der Waals surface area (Å²) in [6, 6.07) is 12.2. The maximum absolute atomic E-state index is 12.3. The van der Waals surface area contributed by atoms with Crippen molar-refractivity contribution in [1.82, 2.24) is 0 Å². The molecule has 104 valence electrons. The third-order valence-electron chi connectivity index (χ3n) is 3.04. The lowest BCUT2D eigenvalue weighted by atomic mass is 10.1. The van der Waals surface area contributed by atoms with E-state index in [2.05, 4.69) is 15.9 Å². The molecule has 0 atom stereocenters. The van der Waals surface area contributed by atoms with Crippen LogP contribution in [0.3, 0.4) is 0 Å². The Morgan fingerprint density at radius 3 is 2.67 bits per heavy atom. The van der Waals surface area contributed by atoms with Crippen LogP contribution in [0.2, 0.25) is 0 Å². The van der Waals surface area contributed by atoms with Crippen molar-refractivity contribution in [2.45, 2.75) is 4.90 Å². The van der Waals surface area contributed by atoms with Crippen LogP contribution in [0.4, 0.5) is 5.69 Å². The van der Waals surface area contributed by atoms with Gasteiger partial charge in [0.1, 0.15) is 0 Å². The zero-order valence-electron chi connectivity index (χ0n) is 10.6. The Morgan fingerprint density at radius 1 is 1.19 bits per heavy atom. The third kappa shape index (κ3) is 2.64. The largest absolute Gasteiger partial charge is 0.288 e. The predicted molar refractivity (Wildman–Crippen MR) is 85.4 cm³/mol. The summed E-state index contributed by atoms with van der Waals surface area (Å²) in [4.78, 5) is 24.2. The predicted octanol–water partition coefficient (Wildman–Crippen LogP) is 4.69. The number of rotatable bonds is 2. The fraction of sp³-hybridized carbons (Fsp3) is 0. The monoisotopic (exact) mass is 361 g/mol. The molecule has 1 heterocycles. The number of halogens is 1. The number of nitro groups is 1. The minimum Gasteiger partial charge on any atom is -0.288 e. The van der Waals surface area contributed by atoms with Crippen LogP contribution in [0.5, 0.6) is 0 Å². The molecule has 21 heavy (non-hydrogen) atoms. The van der Waals surface area contributed by atoms with Crippen molar-refractivity contribution in [3.8, 4) is 0 Å². The number of allylic oxidation sites excluding steroid dienone is 1. The number of fused-ring (bicyclic) bond motifs is 1. The molecule has 0 saturated heterocycles. The molecule has 6 heteroatoms.